The largest absolute Gasteiger partial charge is 0.487 e. The normalized spacial score (nSPS) is 29.1. The Morgan fingerprint density at radius 1 is 1.09 bits per heavy atom. The van der Waals surface area contributed by atoms with Gasteiger partial charge in [-0.2, -0.15) is 15.1 Å². The number of hydrogen-bond acceptors (Lipinski definition) is 8. The van der Waals surface area contributed by atoms with Gasteiger partial charge in [-0.15, -0.1) is 0 Å². The van der Waals surface area contributed by atoms with Gasteiger partial charge in [0, 0.05) is 49.6 Å². The zero-order valence-electron chi connectivity index (χ0n) is 24.8. The monoisotopic (exact) mass is 623 g/mol. The Morgan fingerprint density at radius 2 is 1.98 bits per heavy atom. The minimum atomic E-state index is -1.03. The molecule has 9 nitrogen and oxygen atoms in total. The summed E-state index contributed by atoms with van der Waals surface area (Å²) in [7, 11) is 1.60. The molecule has 5 atom stereocenters. The summed E-state index contributed by atoms with van der Waals surface area (Å²) in [6.45, 7) is 2.01. The summed E-state index contributed by atoms with van der Waals surface area (Å²) in [4.78, 5) is 13.5. The summed E-state index contributed by atoms with van der Waals surface area (Å²) in [5.41, 5.74) is -1.27. The highest BCUT2D eigenvalue weighted by atomic mass is 19.1. The van der Waals surface area contributed by atoms with Crippen molar-refractivity contribution in [1.29, 1.82) is 0 Å². The molecule has 0 saturated carbocycles. The van der Waals surface area contributed by atoms with E-state index in [0.717, 1.165) is 38.6 Å². The molecule has 2 bridgehead atoms. The van der Waals surface area contributed by atoms with Gasteiger partial charge in [0.05, 0.1) is 34.2 Å². The lowest BCUT2D eigenvalue weighted by Crippen LogP contribution is -2.65. The van der Waals surface area contributed by atoms with Crippen LogP contribution in [-0.2, 0) is 7.05 Å². The van der Waals surface area contributed by atoms with Crippen LogP contribution in [0.4, 0.5) is 23.4 Å². The zero-order valence-corrected chi connectivity index (χ0v) is 24.8. The van der Waals surface area contributed by atoms with Crippen molar-refractivity contribution in [2.45, 2.75) is 68.4 Å². The van der Waals surface area contributed by atoms with Gasteiger partial charge in [-0.25, -0.2) is 17.6 Å². The Morgan fingerprint density at radius 3 is 2.87 bits per heavy atom. The topological polar surface area (TPSA) is 80.6 Å². The van der Waals surface area contributed by atoms with Gasteiger partial charge in [-0.3, -0.25) is 9.58 Å². The van der Waals surface area contributed by atoms with E-state index in [2.05, 4.69) is 25.2 Å². The van der Waals surface area contributed by atoms with Crippen molar-refractivity contribution in [1.82, 2.24) is 30.0 Å². The first-order chi connectivity index (χ1) is 21.8. The van der Waals surface area contributed by atoms with E-state index in [1.807, 2.05) is 0 Å². The van der Waals surface area contributed by atoms with Crippen molar-refractivity contribution in [2.75, 3.05) is 37.7 Å². The van der Waals surface area contributed by atoms with Gasteiger partial charge in [-0.1, -0.05) is 6.42 Å². The van der Waals surface area contributed by atoms with Gasteiger partial charge in [0.15, 0.2) is 17.4 Å². The second-order valence-electron chi connectivity index (χ2n) is 13.3. The van der Waals surface area contributed by atoms with Crippen LogP contribution in [0.3, 0.4) is 0 Å². The number of ether oxygens (including phenoxy) is 2. The number of nitrogens with one attached hydrogen (secondary N) is 1. The number of aromatic nitrogens is 4. The van der Waals surface area contributed by atoms with Gasteiger partial charge in [0.2, 0.25) is 0 Å². The molecule has 0 unspecified atom stereocenters. The highest BCUT2D eigenvalue weighted by molar-refractivity contribution is 6.03. The summed E-state index contributed by atoms with van der Waals surface area (Å²) in [5, 5.41) is 8.51. The van der Waals surface area contributed by atoms with Gasteiger partial charge in [0.1, 0.15) is 36.5 Å². The maximum absolute atomic E-state index is 16.9. The molecule has 0 aliphatic carbocycles. The standard InChI is InChI=1S/C32H33F4N7O2/c1-41-28-16(11-37-41)6-7-19(34)22(28)23-25(35)27-24-29(26(23)36)44-14-21-20-5-2-4-18(38-20)13-43(21)30(24)40-31(39-27)45-15-32-8-3-9-42(32)12-17(33)10-32/h6-7,11,17-18,20-21,38H,2-5,8-10,12-15H2,1H3/t17-,18-,20+,21-,32+/m1/s1. The number of benzene rings is 2. The molecule has 1 N–H and O–H groups in total. The fourth-order valence-corrected chi connectivity index (χ4v) is 8.70. The highest BCUT2D eigenvalue weighted by Crippen LogP contribution is 2.48. The average molecular weight is 624 g/mol. The zero-order chi connectivity index (χ0) is 30.6. The van der Waals surface area contributed by atoms with Gasteiger partial charge in [0.25, 0.3) is 0 Å². The number of aryl methyl sites for hydroxylation is 1. The molecule has 0 radical (unpaired) electrons. The summed E-state index contributed by atoms with van der Waals surface area (Å²) in [6.07, 6.45) is 5.60. The van der Waals surface area contributed by atoms with Gasteiger partial charge in [-0.05, 0) is 44.4 Å². The Hall–Kier alpha value is -3.71. The van der Waals surface area contributed by atoms with Crippen LogP contribution in [0.1, 0.15) is 38.5 Å². The van der Waals surface area contributed by atoms with E-state index in [1.165, 1.54) is 23.0 Å². The second kappa shape index (κ2) is 9.89. The van der Waals surface area contributed by atoms with Crippen LogP contribution in [0.2, 0.25) is 0 Å². The number of rotatable bonds is 4. The molecule has 4 saturated heterocycles. The molecule has 5 aliphatic heterocycles. The van der Waals surface area contributed by atoms with Crippen LogP contribution in [0.25, 0.3) is 32.9 Å². The molecule has 4 fully saturated rings. The molecule has 4 aromatic rings. The Labute approximate surface area is 256 Å². The molecule has 5 aliphatic rings. The van der Waals surface area contributed by atoms with E-state index in [1.54, 1.807) is 7.05 Å². The van der Waals surface area contributed by atoms with E-state index >= 15 is 13.2 Å². The first-order valence-corrected chi connectivity index (χ1v) is 15.8. The number of piperidine rings is 1. The van der Waals surface area contributed by atoms with Crippen molar-refractivity contribution in [3.8, 4) is 22.9 Å². The quantitative estimate of drug-likeness (QED) is 0.330. The number of piperazine rings is 1. The van der Waals surface area contributed by atoms with Crippen molar-refractivity contribution >= 4 is 27.6 Å². The number of fused-ring (bicyclic) bond motifs is 7. The van der Waals surface area contributed by atoms with E-state index in [-0.39, 0.29) is 65.1 Å². The van der Waals surface area contributed by atoms with Crippen LogP contribution in [-0.4, -0.2) is 87.3 Å². The molecule has 2 aromatic carbocycles. The van der Waals surface area contributed by atoms with Crippen molar-refractivity contribution in [3.63, 3.8) is 0 Å². The Balaban J connectivity index is 1.25. The lowest BCUT2D eigenvalue weighted by molar-refractivity contribution is 0.107. The summed E-state index contributed by atoms with van der Waals surface area (Å²) >= 11 is 0. The number of halogens is 4. The van der Waals surface area contributed by atoms with E-state index in [4.69, 9.17) is 14.5 Å². The van der Waals surface area contributed by atoms with Gasteiger partial charge >= 0.3 is 6.01 Å². The minimum Gasteiger partial charge on any atom is -0.487 e. The number of nitrogens with zero attached hydrogens (tertiary/aromatic N) is 6. The minimum absolute atomic E-state index is 0.0696. The Bertz CT molecular complexity index is 1870. The van der Waals surface area contributed by atoms with Crippen molar-refractivity contribution in [3.05, 3.63) is 35.8 Å². The first kappa shape index (κ1) is 27.6. The van der Waals surface area contributed by atoms with Crippen molar-refractivity contribution in [2.24, 2.45) is 7.05 Å². The first-order valence-electron chi connectivity index (χ1n) is 15.8. The number of alkyl halides is 1. The third kappa shape index (κ3) is 4.02. The third-order valence-corrected chi connectivity index (χ3v) is 10.7. The number of anilines is 1. The molecule has 236 valence electrons. The van der Waals surface area contributed by atoms with Crippen LogP contribution in [0.15, 0.2) is 18.3 Å². The maximum Gasteiger partial charge on any atom is 0.319 e. The molecule has 0 amide bonds. The van der Waals surface area contributed by atoms with E-state index in [9.17, 15) is 4.39 Å². The summed E-state index contributed by atoms with van der Waals surface area (Å²) < 4.78 is 77.6. The smallest absolute Gasteiger partial charge is 0.319 e. The average Bonchev–Trinajstić information content (AvgIpc) is 3.65. The molecule has 2 aromatic heterocycles. The summed E-state index contributed by atoms with van der Waals surface area (Å²) in [6, 6.07) is 2.68. The fourth-order valence-electron chi connectivity index (χ4n) is 8.70. The van der Waals surface area contributed by atoms with Crippen LogP contribution in [0, 0.1) is 17.5 Å². The predicted octanol–water partition coefficient (Wildman–Crippen LogP) is 4.65. The maximum atomic E-state index is 16.9. The second-order valence-corrected chi connectivity index (χ2v) is 13.3. The number of hydrogen-bond donors (Lipinski definition) is 1. The van der Waals surface area contributed by atoms with Crippen LogP contribution < -0.4 is 19.7 Å². The molecule has 7 heterocycles. The van der Waals surface area contributed by atoms with E-state index in [0.29, 0.717) is 30.7 Å². The van der Waals surface area contributed by atoms with Crippen molar-refractivity contribution < 1.29 is 27.0 Å². The highest BCUT2D eigenvalue weighted by Gasteiger charge is 2.50. The molecular formula is C32H33F4N7O2. The lowest BCUT2D eigenvalue weighted by Gasteiger charge is -2.48. The third-order valence-electron chi connectivity index (χ3n) is 10.7. The summed E-state index contributed by atoms with van der Waals surface area (Å²) in [5.74, 6) is -2.71. The molecular weight excluding hydrogens is 590 g/mol. The van der Waals surface area contributed by atoms with E-state index < -0.39 is 34.7 Å². The van der Waals surface area contributed by atoms with Crippen LogP contribution >= 0.6 is 0 Å². The molecule has 9 rings (SSSR count). The molecule has 13 heteroatoms. The fraction of sp³-hybridized carbons (Fsp3) is 0.531. The lowest BCUT2D eigenvalue weighted by atomic mass is 9.88. The predicted molar refractivity (Wildman–Crippen MR) is 159 cm³/mol. The van der Waals surface area contributed by atoms with Gasteiger partial charge < -0.3 is 19.7 Å². The Kier molecular flexibility index (Phi) is 6.07. The molecule has 45 heavy (non-hydrogen) atoms. The van der Waals surface area contributed by atoms with Crippen LogP contribution in [0.5, 0.6) is 11.8 Å². The molecule has 0 spiro atoms. The SMILES string of the molecule is Cn1ncc2ccc(F)c(-c3c(F)c4c5c(nc(OC[C@@]67CCCN6C[C@H](F)C7)nc5c3F)N3C[C@H]5CCC[C@H](N5)[C@H]3CO4)c21.